The smallest absolute Gasteiger partial charge is 0.338 e. The Kier molecular flexibility index (Phi) is 7.14. The molecule has 0 bridgehead atoms. The van der Waals surface area contributed by atoms with Crippen LogP contribution in [0.4, 0.5) is 5.69 Å². The fraction of sp³-hybridized carbons (Fsp3) is 0.190. The van der Waals surface area contributed by atoms with Gasteiger partial charge < -0.3 is 10.1 Å². The van der Waals surface area contributed by atoms with Crippen LogP contribution in [0.2, 0.25) is 0 Å². The van der Waals surface area contributed by atoms with Crippen molar-refractivity contribution in [3.8, 4) is 6.07 Å². The number of amides is 1. The maximum Gasteiger partial charge on any atom is 0.338 e. The van der Waals surface area contributed by atoms with Crippen LogP contribution in [0.3, 0.4) is 0 Å². The van der Waals surface area contributed by atoms with Crippen molar-refractivity contribution in [1.82, 2.24) is 0 Å². The average molecular weight is 348 g/mol. The Bertz CT molecular complexity index is 836. The number of ether oxygens (including phenoxy) is 1. The molecule has 0 atom stereocenters. The zero-order valence-corrected chi connectivity index (χ0v) is 14.6. The second-order valence-corrected chi connectivity index (χ2v) is 5.60. The number of anilines is 1. The van der Waals surface area contributed by atoms with Crippen molar-refractivity contribution < 1.29 is 14.3 Å². The van der Waals surface area contributed by atoms with Crippen molar-refractivity contribution in [2.24, 2.45) is 0 Å². The molecule has 0 aliphatic carbocycles. The molecule has 5 heteroatoms. The first-order valence-electron chi connectivity index (χ1n) is 8.39. The molecule has 0 fully saturated rings. The summed E-state index contributed by atoms with van der Waals surface area (Å²) in [7, 11) is 0. The molecule has 5 nitrogen and oxygen atoms in total. The molecule has 0 aliphatic heterocycles. The van der Waals surface area contributed by atoms with Gasteiger partial charge in [0, 0.05) is 5.69 Å². The number of hydrogen-bond donors (Lipinski definition) is 1. The molecule has 26 heavy (non-hydrogen) atoms. The van der Waals surface area contributed by atoms with Gasteiger partial charge in [0.05, 0.1) is 12.2 Å². The van der Waals surface area contributed by atoms with Crippen LogP contribution in [-0.4, -0.2) is 18.5 Å². The van der Waals surface area contributed by atoms with Crippen LogP contribution in [0.25, 0.3) is 6.08 Å². The monoisotopic (exact) mass is 348 g/mol. The third kappa shape index (κ3) is 5.60. The number of carbonyl (C=O) groups excluding carboxylic acids is 2. The van der Waals surface area contributed by atoms with Gasteiger partial charge in [-0.1, -0.05) is 49.7 Å². The van der Waals surface area contributed by atoms with E-state index >= 15 is 0 Å². The largest absolute Gasteiger partial charge is 0.462 e. The van der Waals surface area contributed by atoms with Crippen LogP contribution in [-0.2, 0) is 9.53 Å². The number of unbranched alkanes of at least 4 members (excludes halogenated alkanes) is 1. The standard InChI is InChI=1S/C21H20N2O3/c1-2-3-12-26-21(25)17-10-7-11-19(14-17)23-20(24)18(15-22)13-16-8-5-4-6-9-16/h4-11,13-14H,2-3,12H2,1H3,(H,23,24)/b18-13+. The third-order valence-electron chi connectivity index (χ3n) is 3.56. The summed E-state index contributed by atoms with van der Waals surface area (Å²) in [5, 5.41) is 11.9. The molecule has 0 saturated carbocycles. The van der Waals surface area contributed by atoms with Gasteiger partial charge >= 0.3 is 5.97 Å². The number of hydrogen-bond acceptors (Lipinski definition) is 4. The molecule has 2 aromatic carbocycles. The van der Waals surface area contributed by atoms with E-state index in [0.29, 0.717) is 17.9 Å². The fourth-order valence-corrected chi connectivity index (χ4v) is 2.18. The van der Waals surface area contributed by atoms with Crippen molar-refractivity contribution in [3.63, 3.8) is 0 Å². The second-order valence-electron chi connectivity index (χ2n) is 5.60. The Hall–Kier alpha value is -3.39. The van der Waals surface area contributed by atoms with Crippen molar-refractivity contribution in [2.45, 2.75) is 19.8 Å². The number of rotatable bonds is 7. The molecule has 0 spiro atoms. The van der Waals surface area contributed by atoms with E-state index < -0.39 is 11.9 Å². The molecule has 0 radical (unpaired) electrons. The number of benzene rings is 2. The van der Waals surface area contributed by atoms with E-state index in [1.54, 1.807) is 30.3 Å². The lowest BCUT2D eigenvalue weighted by Gasteiger charge is -2.07. The highest BCUT2D eigenvalue weighted by atomic mass is 16.5. The molecule has 0 aromatic heterocycles. The molecule has 0 heterocycles. The zero-order chi connectivity index (χ0) is 18.8. The minimum atomic E-state index is -0.534. The summed E-state index contributed by atoms with van der Waals surface area (Å²) in [6.45, 7) is 2.38. The first kappa shape index (κ1) is 18.9. The lowest BCUT2D eigenvalue weighted by Crippen LogP contribution is -2.14. The summed E-state index contributed by atoms with van der Waals surface area (Å²) in [5.74, 6) is -0.970. The van der Waals surface area contributed by atoms with Gasteiger partial charge in [-0.25, -0.2) is 4.79 Å². The molecule has 132 valence electrons. The Morgan fingerprint density at radius 3 is 2.62 bits per heavy atom. The second kappa shape index (κ2) is 9.80. The number of carbonyl (C=O) groups is 2. The lowest BCUT2D eigenvalue weighted by atomic mass is 10.1. The number of esters is 1. The highest BCUT2D eigenvalue weighted by Gasteiger charge is 2.12. The molecule has 2 aromatic rings. The topological polar surface area (TPSA) is 79.2 Å². The normalized spacial score (nSPS) is 10.7. The number of nitrogens with zero attached hydrogens (tertiary/aromatic N) is 1. The summed E-state index contributed by atoms with van der Waals surface area (Å²) < 4.78 is 5.16. The molecule has 2 rings (SSSR count). The summed E-state index contributed by atoms with van der Waals surface area (Å²) in [4.78, 5) is 24.3. The van der Waals surface area contributed by atoms with Crippen molar-refractivity contribution in [3.05, 3.63) is 71.3 Å². The number of nitrogens with one attached hydrogen (secondary N) is 1. The van der Waals surface area contributed by atoms with Gasteiger partial charge in [-0.05, 0) is 36.3 Å². The summed E-state index contributed by atoms with van der Waals surface area (Å²) in [6.07, 6.45) is 3.25. The Morgan fingerprint density at radius 1 is 1.15 bits per heavy atom. The van der Waals surface area contributed by atoms with E-state index in [0.717, 1.165) is 18.4 Å². The average Bonchev–Trinajstić information content (AvgIpc) is 2.67. The van der Waals surface area contributed by atoms with E-state index in [2.05, 4.69) is 5.32 Å². The van der Waals surface area contributed by atoms with Gasteiger partial charge in [0.1, 0.15) is 11.6 Å². The van der Waals surface area contributed by atoms with Gasteiger partial charge in [0.2, 0.25) is 0 Å². The van der Waals surface area contributed by atoms with E-state index in [1.165, 1.54) is 12.1 Å². The minimum Gasteiger partial charge on any atom is -0.462 e. The van der Waals surface area contributed by atoms with E-state index in [-0.39, 0.29) is 5.57 Å². The van der Waals surface area contributed by atoms with Crippen molar-refractivity contribution in [2.75, 3.05) is 11.9 Å². The van der Waals surface area contributed by atoms with Crippen LogP contribution in [0, 0.1) is 11.3 Å². The zero-order valence-electron chi connectivity index (χ0n) is 14.6. The van der Waals surface area contributed by atoms with Crippen LogP contribution >= 0.6 is 0 Å². The van der Waals surface area contributed by atoms with Crippen LogP contribution in [0.1, 0.15) is 35.7 Å². The Morgan fingerprint density at radius 2 is 1.92 bits per heavy atom. The molecular formula is C21H20N2O3. The highest BCUT2D eigenvalue weighted by molar-refractivity contribution is 6.10. The van der Waals surface area contributed by atoms with E-state index in [9.17, 15) is 14.9 Å². The summed E-state index contributed by atoms with van der Waals surface area (Å²) in [6, 6.07) is 17.5. The van der Waals surface area contributed by atoms with Crippen LogP contribution in [0.5, 0.6) is 0 Å². The molecule has 1 amide bonds. The van der Waals surface area contributed by atoms with Gasteiger partial charge in [0.25, 0.3) is 5.91 Å². The van der Waals surface area contributed by atoms with Gasteiger partial charge in [0.15, 0.2) is 0 Å². The van der Waals surface area contributed by atoms with Gasteiger partial charge in [-0.2, -0.15) is 5.26 Å². The maximum atomic E-state index is 12.3. The Labute approximate surface area is 152 Å². The SMILES string of the molecule is CCCCOC(=O)c1cccc(NC(=O)/C(C#N)=C/c2ccccc2)c1. The minimum absolute atomic E-state index is 0.0212. The van der Waals surface area contributed by atoms with Gasteiger partial charge in [-0.3, -0.25) is 4.79 Å². The predicted molar refractivity (Wildman–Crippen MR) is 100 cm³/mol. The lowest BCUT2D eigenvalue weighted by molar-refractivity contribution is -0.112. The fourth-order valence-electron chi connectivity index (χ4n) is 2.18. The van der Waals surface area contributed by atoms with E-state index in [4.69, 9.17) is 4.74 Å². The quantitative estimate of drug-likeness (QED) is 0.352. The number of nitriles is 1. The van der Waals surface area contributed by atoms with Crippen molar-refractivity contribution in [1.29, 1.82) is 5.26 Å². The summed E-state index contributed by atoms with van der Waals surface area (Å²) >= 11 is 0. The van der Waals surface area contributed by atoms with E-state index in [1.807, 2.05) is 31.2 Å². The molecule has 1 N–H and O–H groups in total. The molecule has 0 unspecified atom stereocenters. The van der Waals surface area contributed by atoms with Crippen LogP contribution < -0.4 is 5.32 Å². The maximum absolute atomic E-state index is 12.3. The first-order valence-corrected chi connectivity index (χ1v) is 8.39. The summed E-state index contributed by atoms with van der Waals surface area (Å²) in [5.41, 5.74) is 1.51. The molecule has 0 saturated heterocycles. The van der Waals surface area contributed by atoms with Gasteiger partial charge in [-0.15, -0.1) is 0 Å². The van der Waals surface area contributed by atoms with Crippen molar-refractivity contribution >= 4 is 23.6 Å². The molecular weight excluding hydrogens is 328 g/mol. The van der Waals surface area contributed by atoms with Crippen LogP contribution in [0.15, 0.2) is 60.2 Å². The molecule has 0 aliphatic rings. The first-order chi connectivity index (χ1) is 12.6. The highest BCUT2D eigenvalue weighted by Crippen LogP contribution is 2.14. The Balaban J connectivity index is 2.09. The third-order valence-corrected chi connectivity index (χ3v) is 3.56. The predicted octanol–water partition coefficient (Wildman–Crippen LogP) is 4.19.